The van der Waals surface area contributed by atoms with Crippen LogP contribution in [0, 0.1) is 11.5 Å². The molecule has 10 nitrogen and oxygen atoms in total. The first-order valence-corrected chi connectivity index (χ1v) is 11.6. The molecule has 0 saturated carbocycles. The third-order valence-corrected chi connectivity index (χ3v) is 4.90. The number of guanidine groups is 1. The average molecular weight is 503 g/mol. The van der Waals surface area contributed by atoms with Gasteiger partial charge in [0.2, 0.25) is 5.96 Å². The molecule has 0 amide bonds. The summed E-state index contributed by atoms with van der Waals surface area (Å²) in [5.74, 6) is -0.478. The Balaban J connectivity index is 1.66. The topological polar surface area (TPSA) is 137 Å². The van der Waals surface area contributed by atoms with Gasteiger partial charge in [0.25, 0.3) is 6.73 Å². The molecule has 2 aromatic rings. The first kappa shape index (κ1) is 27.4. The van der Waals surface area contributed by atoms with Gasteiger partial charge in [0.05, 0.1) is 25.1 Å². The van der Waals surface area contributed by atoms with Gasteiger partial charge >= 0.3 is 11.9 Å². The van der Waals surface area contributed by atoms with Crippen molar-refractivity contribution >= 4 is 35.2 Å². The maximum atomic E-state index is 11.5. The predicted molar refractivity (Wildman–Crippen MR) is 130 cm³/mol. The number of carboxylic acid groups (broad SMARTS) is 1. The van der Waals surface area contributed by atoms with Gasteiger partial charge in [-0.05, 0) is 43.5 Å². The second-order valence-electron chi connectivity index (χ2n) is 7.45. The number of nitriles is 1. The highest BCUT2D eigenvalue weighted by Gasteiger charge is 2.09. The normalized spacial score (nSPS) is 10.8. The molecule has 2 rings (SSSR count). The van der Waals surface area contributed by atoms with Gasteiger partial charge in [0.15, 0.2) is 18.6 Å². The molecule has 0 unspecified atom stereocenters. The van der Waals surface area contributed by atoms with Crippen LogP contribution in [0.1, 0.15) is 38.5 Å². The van der Waals surface area contributed by atoms with Crippen molar-refractivity contribution < 1.29 is 28.7 Å². The largest absolute Gasteiger partial charge is 0.494 e. The summed E-state index contributed by atoms with van der Waals surface area (Å²) in [6.07, 6.45) is 8.61. The van der Waals surface area contributed by atoms with Crippen LogP contribution in [0.5, 0.6) is 5.75 Å². The molecule has 35 heavy (non-hydrogen) atoms. The molecule has 1 aromatic carbocycles. The van der Waals surface area contributed by atoms with Crippen molar-refractivity contribution in [3.8, 4) is 11.9 Å². The lowest BCUT2D eigenvalue weighted by molar-refractivity contribution is -0.727. The number of carbonyl (C=O) groups is 2. The molecule has 0 aliphatic rings. The monoisotopic (exact) mass is 502 g/mol. The van der Waals surface area contributed by atoms with Crippen molar-refractivity contribution in [2.75, 3.05) is 18.5 Å². The van der Waals surface area contributed by atoms with Crippen LogP contribution in [-0.2, 0) is 21.1 Å². The Labute approximate surface area is 209 Å². The van der Waals surface area contributed by atoms with Crippen LogP contribution in [0.2, 0.25) is 5.02 Å². The summed E-state index contributed by atoms with van der Waals surface area (Å²) in [4.78, 5) is 26.4. The van der Waals surface area contributed by atoms with E-state index in [1.165, 1.54) is 0 Å². The summed E-state index contributed by atoms with van der Waals surface area (Å²) < 4.78 is 12.3. The fourth-order valence-electron chi connectivity index (χ4n) is 2.83. The van der Waals surface area contributed by atoms with Crippen molar-refractivity contribution in [2.45, 2.75) is 45.3 Å². The van der Waals surface area contributed by atoms with Gasteiger partial charge in [-0.25, -0.2) is 0 Å². The Hall–Kier alpha value is -3.84. The number of benzene rings is 1. The number of hydrogen-bond donors (Lipinski definition) is 3. The zero-order valence-electron chi connectivity index (χ0n) is 19.3. The van der Waals surface area contributed by atoms with Crippen LogP contribution in [0.4, 0.5) is 5.69 Å². The van der Waals surface area contributed by atoms with Gasteiger partial charge in [-0.2, -0.15) is 9.83 Å². The fraction of sp³-hybridized carbons (Fsp3) is 0.375. The molecule has 0 bridgehead atoms. The molecule has 0 aliphatic carbocycles. The highest BCUT2D eigenvalue weighted by atomic mass is 35.5. The molecule has 11 heteroatoms. The second kappa shape index (κ2) is 15.9. The minimum atomic E-state index is -1.05. The number of aliphatic imine (C=N–C) groups is 1. The van der Waals surface area contributed by atoms with E-state index in [-0.39, 0.29) is 19.6 Å². The van der Waals surface area contributed by atoms with E-state index in [0.29, 0.717) is 29.8 Å². The Morgan fingerprint density at radius 2 is 1.77 bits per heavy atom. The van der Waals surface area contributed by atoms with Crippen LogP contribution >= 0.6 is 11.6 Å². The Bertz CT molecular complexity index is 1010. The van der Waals surface area contributed by atoms with Crippen molar-refractivity contribution in [2.24, 2.45) is 4.99 Å². The Morgan fingerprint density at radius 1 is 1.06 bits per heavy atom. The van der Waals surface area contributed by atoms with Crippen LogP contribution in [0.25, 0.3) is 0 Å². The third-order valence-electron chi connectivity index (χ3n) is 4.65. The number of rotatable bonds is 14. The summed E-state index contributed by atoms with van der Waals surface area (Å²) >= 11 is 5.85. The van der Waals surface area contributed by atoms with Crippen molar-refractivity contribution in [1.29, 1.82) is 5.26 Å². The van der Waals surface area contributed by atoms with E-state index < -0.39 is 11.9 Å². The molecule has 0 saturated heterocycles. The molecule has 186 valence electrons. The van der Waals surface area contributed by atoms with Crippen molar-refractivity contribution in [3.63, 3.8) is 0 Å². The molecule has 1 aromatic heterocycles. The molecule has 0 aliphatic heterocycles. The molecular formula is C24H29ClN5O5+. The minimum Gasteiger partial charge on any atom is -0.494 e. The summed E-state index contributed by atoms with van der Waals surface area (Å²) in [7, 11) is 0. The number of aromatic nitrogens is 1. The van der Waals surface area contributed by atoms with Gasteiger partial charge < -0.3 is 19.9 Å². The second-order valence-corrected chi connectivity index (χ2v) is 7.89. The van der Waals surface area contributed by atoms with E-state index in [4.69, 9.17) is 31.4 Å². The number of anilines is 1. The maximum Gasteiger partial charge on any atom is 0.311 e. The standard InChI is InChI=1S/C24H28ClN5O5/c25-19-5-7-21(8-6-19)34-16-4-2-1-3-13-27-24(28-17-26)29-20-11-14-30(15-12-20)18-35-23(33)10-9-22(31)32/h5-8,11-12,14-15H,1-4,9-10,13,16,18H2,(H2,27,28,31,32)/p+1. The summed E-state index contributed by atoms with van der Waals surface area (Å²) in [5, 5.41) is 23.8. The van der Waals surface area contributed by atoms with Crippen LogP contribution in [-0.4, -0.2) is 36.2 Å². The average Bonchev–Trinajstić information content (AvgIpc) is 2.85. The smallest absolute Gasteiger partial charge is 0.311 e. The van der Waals surface area contributed by atoms with Gasteiger partial charge in [0.1, 0.15) is 5.75 Å². The summed E-state index contributed by atoms with van der Waals surface area (Å²) in [6.45, 7) is 1.18. The number of pyridine rings is 1. The number of esters is 1. The summed E-state index contributed by atoms with van der Waals surface area (Å²) in [5.41, 5.74) is 0.694. The highest BCUT2D eigenvalue weighted by molar-refractivity contribution is 6.30. The van der Waals surface area contributed by atoms with Crippen LogP contribution < -0.4 is 19.9 Å². The van der Waals surface area contributed by atoms with Crippen molar-refractivity contribution in [3.05, 3.63) is 53.8 Å². The fourth-order valence-corrected chi connectivity index (χ4v) is 2.96. The minimum absolute atomic E-state index is 0.0269. The van der Waals surface area contributed by atoms with E-state index in [1.807, 2.05) is 18.3 Å². The maximum absolute atomic E-state index is 11.5. The lowest BCUT2D eigenvalue weighted by Crippen LogP contribution is -2.35. The van der Waals surface area contributed by atoms with E-state index in [2.05, 4.69) is 15.6 Å². The lowest BCUT2D eigenvalue weighted by atomic mass is 10.2. The van der Waals surface area contributed by atoms with E-state index in [9.17, 15) is 9.59 Å². The molecule has 0 atom stereocenters. The Kier molecular flexibility index (Phi) is 12.5. The number of nitrogens with one attached hydrogen (secondary N) is 2. The number of nitrogens with zero attached hydrogens (tertiary/aromatic N) is 3. The molecule has 0 spiro atoms. The molecule has 3 N–H and O–H groups in total. The molecule has 0 fully saturated rings. The van der Waals surface area contributed by atoms with Gasteiger partial charge in [-0.15, -0.1) is 0 Å². The highest BCUT2D eigenvalue weighted by Crippen LogP contribution is 2.16. The SMILES string of the molecule is N#CNC(=NCCCCCCOc1ccc(Cl)cc1)Nc1cc[n+](COC(=O)CCC(=O)O)cc1. The van der Waals surface area contributed by atoms with Crippen molar-refractivity contribution in [1.82, 2.24) is 5.32 Å². The number of ether oxygens (including phenoxy) is 2. The lowest BCUT2D eigenvalue weighted by Gasteiger charge is -2.08. The number of unbranched alkanes of at least 4 members (excludes halogenated alkanes) is 3. The molecule has 0 radical (unpaired) electrons. The van der Waals surface area contributed by atoms with Crippen LogP contribution in [0.15, 0.2) is 53.8 Å². The quantitative estimate of drug-likeness (QED) is 0.0679. The third kappa shape index (κ3) is 12.3. The van der Waals surface area contributed by atoms with E-state index in [0.717, 1.165) is 31.4 Å². The van der Waals surface area contributed by atoms with E-state index >= 15 is 0 Å². The number of carboxylic acids is 1. The zero-order chi connectivity index (χ0) is 25.3. The van der Waals surface area contributed by atoms with E-state index in [1.54, 1.807) is 41.2 Å². The summed E-state index contributed by atoms with van der Waals surface area (Å²) in [6, 6.07) is 10.8. The van der Waals surface area contributed by atoms with Gasteiger partial charge in [-0.3, -0.25) is 19.9 Å². The first-order valence-electron chi connectivity index (χ1n) is 11.2. The Morgan fingerprint density at radius 3 is 2.46 bits per heavy atom. The first-order chi connectivity index (χ1) is 17.0. The number of halogens is 1. The number of carbonyl (C=O) groups excluding carboxylic acids is 1. The molecule has 1 heterocycles. The molecular weight excluding hydrogens is 474 g/mol. The predicted octanol–water partition coefficient (Wildman–Crippen LogP) is 3.47. The van der Waals surface area contributed by atoms with Gasteiger partial charge in [-0.1, -0.05) is 18.0 Å². The number of aliphatic carboxylic acids is 1. The number of hydrogen-bond acceptors (Lipinski definition) is 6. The van der Waals surface area contributed by atoms with Gasteiger partial charge in [0, 0.05) is 23.7 Å². The zero-order valence-corrected chi connectivity index (χ0v) is 20.0. The van der Waals surface area contributed by atoms with Crippen LogP contribution in [0.3, 0.4) is 0 Å².